The van der Waals surface area contributed by atoms with Crippen LogP contribution in [0.1, 0.15) is 0 Å². The van der Waals surface area contributed by atoms with Crippen LogP contribution in [0.4, 0.5) is 0 Å². The first-order valence-electron chi connectivity index (χ1n) is 2.26. The molecule has 0 aliphatic heterocycles. The monoisotopic (exact) mass is 188 g/mol. The molecule has 0 heterocycles. The van der Waals surface area contributed by atoms with Gasteiger partial charge in [0.25, 0.3) is 0 Å². The quantitative estimate of drug-likeness (QED) is 0.377. The average molecular weight is 190 g/mol. The molecule has 0 rings (SSSR count). The number of hydrogen-bond acceptors (Lipinski definition) is 4. The van der Waals surface area contributed by atoms with Gasteiger partial charge in [-0.3, -0.25) is 0 Å². The third-order valence-corrected chi connectivity index (χ3v) is 0.200. The van der Waals surface area contributed by atoms with Gasteiger partial charge < -0.3 is 20.4 Å². The van der Waals surface area contributed by atoms with Crippen molar-refractivity contribution < 1.29 is 39.9 Å². The number of hydrogen-bond donors (Lipinski definition) is 4. The topological polar surface area (TPSA) is 80.9 Å². The molecule has 5 heteroatoms. The zero-order chi connectivity index (χ0) is 6.83. The molecule has 0 unspecified atom stereocenters. The second-order valence-electron chi connectivity index (χ2n) is 0.894. The average Bonchev–Trinajstić information content (AvgIpc) is 1.88. The molecule has 0 saturated carbocycles. The molecule has 4 nitrogen and oxygen atoms in total. The maximum Gasteiger partial charge on any atom is 2.00 e. The molecule has 0 spiro atoms. The van der Waals surface area contributed by atoms with Gasteiger partial charge in [-0.1, -0.05) is 0 Å². The van der Waals surface area contributed by atoms with Crippen molar-refractivity contribution >= 4 is 0 Å². The SMILES string of the molecule is OCCO.OCCO.[Zn+2]. The first-order chi connectivity index (χ1) is 3.83. The van der Waals surface area contributed by atoms with E-state index in [-0.39, 0.29) is 45.9 Å². The summed E-state index contributed by atoms with van der Waals surface area (Å²) in [5.74, 6) is 0. The van der Waals surface area contributed by atoms with Crippen molar-refractivity contribution in [3.8, 4) is 0 Å². The molecule has 0 atom stereocenters. The van der Waals surface area contributed by atoms with E-state index in [1.54, 1.807) is 0 Å². The van der Waals surface area contributed by atoms with E-state index in [2.05, 4.69) is 0 Å². The number of aliphatic hydroxyl groups is 4. The molecular formula is C4H12O4Zn+2. The molecule has 0 amide bonds. The van der Waals surface area contributed by atoms with Crippen LogP contribution in [0.3, 0.4) is 0 Å². The number of aliphatic hydroxyl groups excluding tert-OH is 4. The van der Waals surface area contributed by atoms with Crippen LogP contribution in [0.5, 0.6) is 0 Å². The summed E-state index contributed by atoms with van der Waals surface area (Å²) in [4.78, 5) is 0. The summed E-state index contributed by atoms with van der Waals surface area (Å²) < 4.78 is 0. The maximum atomic E-state index is 7.62. The molecule has 0 fully saturated rings. The van der Waals surface area contributed by atoms with E-state index in [1.807, 2.05) is 0 Å². The first-order valence-corrected chi connectivity index (χ1v) is 2.26. The molecule has 0 aromatic heterocycles. The Morgan fingerprint density at radius 1 is 0.556 bits per heavy atom. The van der Waals surface area contributed by atoms with Crippen LogP contribution in [-0.4, -0.2) is 46.9 Å². The zero-order valence-corrected chi connectivity index (χ0v) is 8.29. The van der Waals surface area contributed by atoms with E-state index in [0.29, 0.717) is 0 Å². The van der Waals surface area contributed by atoms with Crippen LogP contribution in [0.25, 0.3) is 0 Å². The molecule has 9 heavy (non-hydrogen) atoms. The third-order valence-electron chi connectivity index (χ3n) is 0.200. The van der Waals surface area contributed by atoms with Gasteiger partial charge in [0.2, 0.25) is 0 Å². The van der Waals surface area contributed by atoms with Crippen molar-refractivity contribution in [2.24, 2.45) is 0 Å². The van der Waals surface area contributed by atoms with Gasteiger partial charge in [0.1, 0.15) is 0 Å². The predicted octanol–water partition coefficient (Wildman–Crippen LogP) is -2.06. The first kappa shape index (κ1) is 16.2. The fourth-order valence-corrected chi connectivity index (χ4v) is 0. The molecular weight excluding hydrogens is 177 g/mol. The third kappa shape index (κ3) is 58.3. The van der Waals surface area contributed by atoms with Gasteiger partial charge in [-0.25, -0.2) is 0 Å². The van der Waals surface area contributed by atoms with Crippen LogP contribution in [0.2, 0.25) is 0 Å². The van der Waals surface area contributed by atoms with Gasteiger partial charge in [0.05, 0.1) is 26.4 Å². The Kier molecular flexibility index (Phi) is 42.7. The standard InChI is InChI=1S/2C2H6O2.Zn/c2*3-1-2-4;/h2*3-4H,1-2H2;/q;;+2. The number of rotatable bonds is 2. The van der Waals surface area contributed by atoms with Gasteiger partial charge >= 0.3 is 19.5 Å². The van der Waals surface area contributed by atoms with E-state index >= 15 is 0 Å². The summed E-state index contributed by atoms with van der Waals surface area (Å²) in [5.41, 5.74) is 0. The Morgan fingerprint density at radius 3 is 0.667 bits per heavy atom. The molecule has 0 aliphatic rings. The van der Waals surface area contributed by atoms with E-state index in [4.69, 9.17) is 20.4 Å². The van der Waals surface area contributed by atoms with Crippen molar-refractivity contribution in [2.45, 2.75) is 0 Å². The fourth-order valence-electron chi connectivity index (χ4n) is 0. The van der Waals surface area contributed by atoms with E-state index < -0.39 is 0 Å². The largest absolute Gasteiger partial charge is 2.00 e. The molecule has 0 saturated heterocycles. The van der Waals surface area contributed by atoms with Gasteiger partial charge in [-0.15, -0.1) is 0 Å². The second-order valence-corrected chi connectivity index (χ2v) is 0.894. The predicted molar refractivity (Wildman–Crippen MR) is 28.3 cm³/mol. The van der Waals surface area contributed by atoms with E-state index in [9.17, 15) is 0 Å². The molecule has 0 aromatic rings. The zero-order valence-electron chi connectivity index (χ0n) is 5.32. The summed E-state index contributed by atoms with van der Waals surface area (Å²) in [6.45, 7) is -0.500. The van der Waals surface area contributed by atoms with Crippen molar-refractivity contribution in [2.75, 3.05) is 26.4 Å². The minimum absolute atomic E-state index is 0. The molecule has 52 valence electrons. The van der Waals surface area contributed by atoms with Gasteiger partial charge in [-0.05, 0) is 0 Å². The van der Waals surface area contributed by atoms with Crippen molar-refractivity contribution in [3.05, 3.63) is 0 Å². The molecule has 0 aliphatic carbocycles. The summed E-state index contributed by atoms with van der Waals surface area (Å²) in [5, 5.41) is 30.5. The van der Waals surface area contributed by atoms with Crippen LogP contribution in [-0.2, 0) is 19.5 Å². The summed E-state index contributed by atoms with van der Waals surface area (Å²) >= 11 is 0. The van der Waals surface area contributed by atoms with Gasteiger partial charge in [0, 0.05) is 0 Å². The summed E-state index contributed by atoms with van der Waals surface area (Å²) in [6, 6.07) is 0. The van der Waals surface area contributed by atoms with Crippen LogP contribution in [0, 0.1) is 0 Å². The van der Waals surface area contributed by atoms with Gasteiger partial charge in [-0.2, -0.15) is 0 Å². The molecule has 0 bridgehead atoms. The Morgan fingerprint density at radius 2 is 0.667 bits per heavy atom. The molecule has 4 N–H and O–H groups in total. The van der Waals surface area contributed by atoms with Gasteiger partial charge in [0.15, 0.2) is 0 Å². The Bertz CT molecular complexity index is 20.5. The Balaban J connectivity index is -0.0000000720. The maximum absolute atomic E-state index is 7.62. The van der Waals surface area contributed by atoms with E-state index in [0.717, 1.165) is 0 Å². The normalized spacial score (nSPS) is 6.67. The minimum atomic E-state index is -0.125. The Hall–Kier alpha value is 0.463. The van der Waals surface area contributed by atoms with Crippen molar-refractivity contribution in [1.82, 2.24) is 0 Å². The molecule has 0 aromatic carbocycles. The van der Waals surface area contributed by atoms with E-state index in [1.165, 1.54) is 0 Å². The summed E-state index contributed by atoms with van der Waals surface area (Å²) in [6.07, 6.45) is 0. The minimum Gasteiger partial charge on any atom is -0.394 e. The molecule has 0 radical (unpaired) electrons. The fraction of sp³-hybridized carbons (Fsp3) is 1.00. The van der Waals surface area contributed by atoms with Crippen LogP contribution < -0.4 is 0 Å². The van der Waals surface area contributed by atoms with Crippen LogP contribution in [0.15, 0.2) is 0 Å². The second kappa shape index (κ2) is 23.7. The van der Waals surface area contributed by atoms with Crippen molar-refractivity contribution in [1.29, 1.82) is 0 Å². The Labute approximate surface area is 66.9 Å². The summed E-state index contributed by atoms with van der Waals surface area (Å²) in [7, 11) is 0. The van der Waals surface area contributed by atoms with Crippen LogP contribution >= 0.6 is 0 Å². The smallest absolute Gasteiger partial charge is 0.394 e. The van der Waals surface area contributed by atoms with Crippen molar-refractivity contribution in [3.63, 3.8) is 0 Å².